The zero-order valence-electron chi connectivity index (χ0n) is 11.6. The molecule has 1 unspecified atom stereocenters. The van der Waals surface area contributed by atoms with Crippen molar-refractivity contribution in [3.63, 3.8) is 0 Å². The summed E-state index contributed by atoms with van der Waals surface area (Å²) in [5.41, 5.74) is 8.04. The van der Waals surface area contributed by atoms with Gasteiger partial charge in [0.05, 0.1) is 5.56 Å². The van der Waals surface area contributed by atoms with Gasteiger partial charge in [-0.25, -0.2) is 4.98 Å². The molecule has 2 aromatic rings. The third kappa shape index (κ3) is 3.84. The van der Waals surface area contributed by atoms with Crippen molar-refractivity contribution in [1.82, 2.24) is 20.5 Å². The van der Waals surface area contributed by atoms with Gasteiger partial charge in [-0.1, -0.05) is 0 Å². The first-order valence-corrected chi connectivity index (χ1v) is 6.49. The molecule has 2 aromatic heterocycles. The average Bonchev–Trinajstić information content (AvgIpc) is 3.21. The van der Waals surface area contributed by atoms with Crippen LogP contribution in [0.1, 0.15) is 28.9 Å². The predicted molar refractivity (Wildman–Crippen MR) is 86.2 cm³/mol. The lowest BCUT2D eigenvalue weighted by Gasteiger charge is -2.11. The summed E-state index contributed by atoms with van der Waals surface area (Å²) >= 11 is 0. The van der Waals surface area contributed by atoms with Crippen LogP contribution in [-0.4, -0.2) is 33.7 Å². The summed E-state index contributed by atoms with van der Waals surface area (Å²) in [6.07, 6.45) is 3.90. The summed E-state index contributed by atoms with van der Waals surface area (Å²) in [5, 5.41) is 10.6. The molecule has 116 valence electrons. The minimum absolute atomic E-state index is 0. The molecule has 1 saturated carbocycles. The van der Waals surface area contributed by atoms with Crippen LogP contribution in [0, 0.1) is 12.8 Å². The number of nitrogens with zero attached hydrogens (tertiary/aromatic N) is 2. The first kappa shape index (κ1) is 17.7. The Morgan fingerprint density at radius 1 is 1.52 bits per heavy atom. The molecule has 0 saturated heterocycles. The van der Waals surface area contributed by atoms with Gasteiger partial charge in [0.15, 0.2) is 5.65 Å². The number of aromatic amines is 1. The summed E-state index contributed by atoms with van der Waals surface area (Å²) < 4.78 is 0. The molecule has 1 fully saturated rings. The molecule has 0 aliphatic heterocycles. The monoisotopic (exact) mass is 331 g/mol. The molecule has 0 aromatic carbocycles. The Kier molecular flexibility index (Phi) is 5.95. The summed E-state index contributed by atoms with van der Waals surface area (Å²) in [7, 11) is 0. The van der Waals surface area contributed by atoms with E-state index in [9.17, 15) is 4.79 Å². The van der Waals surface area contributed by atoms with Crippen LogP contribution in [0.3, 0.4) is 0 Å². The lowest BCUT2D eigenvalue weighted by atomic mass is 10.1. The van der Waals surface area contributed by atoms with Crippen LogP contribution in [0.25, 0.3) is 11.0 Å². The maximum Gasteiger partial charge on any atom is 0.252 e. The average molecular weight is 332 g/mol. The highest BCUT2D eigenvalue weighted by Crippen LogP contribution is 2.31. The molecule has 1 amide bonds. The van der Waals surface area contributed by atoms with Crippen LogP contribution in [0.15, 0.2) is 12.3 Å². The van der Waals surface area contributed by atoms with Gasteiger partial charge in [0, 0.05) is 29.9 Å². The Hall–Kier alpha value is -1.37. The topological polar surface area (TPSA) is 96.7 Å². The second-order valence-electron chi connectivity index (χ2n) is 5.16. The van der Waals surface area contributed by atoms with Crippen molar-refractivity contribution in [2.24, 2.45) is 11.7 Å². The molecule has 0 spiro atoms. The van der Waals surface area contributed by atoms with Gasteiger partial charge in [0.25, 0.3) is 5.91 Å². The zero-order chi connectivity index (χ0) is 13.4. The van der Waals surface area contributed by atoms with E-state index in [-0.39, 0.29) is 36.8 Å². The number of rotatable bonds is 4. The molecule has 1 atom stereocenters. The normalized spacial score (nSPS) is 15.0. The summed E-state index contributed by atoms with van der Waals surface area (Å²) in [6, 6.07) is 1.87. The van der Waals surface area contributed by atoms with Gasteiger partial charge in [-0.2, -0.15) is 5.10 Å². The number of aromatic nitrogens is 3. The number of hydrogen-bond acceptors (Lipinski definition) is 4. The fourth-order valence-corrected chi connectivity index (χ4v) is 2.15. The maximum absolute atomic E-state index is 12.0. The molecular formula is C13H19Cl2N5O. The highest BCUT2D eigenvalue weighted by molar-refractivity contribution is 5.97. The Balaban J connectivity index is 0.00000110. The number of carbonyl (C=O) groups is 1. The Morgan fingerprint density at radius 3 is 2.90 bits per heavy atom. The van der Waals surface area contributed by atoms with Crippen molar-refractivity contribution in [3.05, 3.63) is 23.5 Å². The highest BCUT2D eigenvalue weighted by Gasteiger charge is 2.28. The standard InChI is InChI=1S/C13H17N5O.2ClH/c1-7-10-4-9(5-15-12(10)18-17-7)13(19)16-6-11(14)8-2-3-8;;/h4-5,8,11H,2-3,6,14H2,1H3,(H,16,19)(H,15,17,18);2*1H. The summed E-state index contributed by atoms with van der Waals surface area (Å²) in [6.45, 7) is 2.42. The molecule has 1 aliphatic carbocycles. The van der Waals surface area contributed by atoms with Crippen LogP contribution in [0.4, 0.5) is 0 Å². The van der Waals surface area contributed by atoms with Crippen LogP contribution in [0.2, 0.25) is 0 Å². The van der Waals surface area contributed by atoms with Crippen LogP contribution in [-0.2, 0) is 0 Å². The van der Waals surface area contributed by atoms with Crippen LogP contribution in [0.5, 0.6) is 0 Å². The fraction of sp³-hybridized carbons (Fsp3) is 0.462. The van der Waals surface area contributed by atoms with Crippen molar-refractivity contribution in [2.45, 2.75) is 25.8 Å². The van der Waals surface area contributed by atoms with E-state index in [1.54, 1.807) is 12.3 Å². The maximum atomic E-state index is 12.0. The van der Waals surface area contributed by atoms with E-state index < -0.39 is 0 Å². The predicted octanol–water partition coefficient (Wildman–Crippen LogP) is 1.58. The van der Waals surface area contributed by atoms with Gasteiger partial charge in [0.2, 0.25) is 0 Å². The van der Waals surface area contributed by atoms with Crippen molar-refractivity contribution in [3.8, 4) is 0 Å². The van der Waals surface area contributed by atoms with Gasteiger partial charge < -0.3 is 11.1 Å². The Bertz CT molecular complexity index is 626. The number of carbonyl (C=O) groups excluding carboxylic acids is 1. The Labute approximate surface area is 135 Å². The van der Waals surface area contributed by atoms with Crippen molar-refractivity contribution < 1.29 is 4.79 Å². The van der Waals surface area contributed by atoms with Crippen molar-refractivity contribution >= 4 is 41.8 Å². The number of pyridine rings is 1. The van der Waals surface area contributed by atoms with E-state index in [0.29, 0.717) is 23.7 Å². The van der Waals surface area contributed by atoms with E-state index >= 15 is 0 Å². The van der Waals surface area contributed by atoms with Gasteiger partial charge in [-0.05, 0) is 31.7 Å². The lowest BCUT2D eigenvalue weighted by molar-refractivity contribution is 0.0950. The number of fused-ring (bicyclic) bond motifs is 1. The highest BCUT2D eigenvalue weighted by atomic mass is 35.5. The number of halogens is 2. The minimum Gasteiger partial charge on any atom is -0.350 e. The fourth-order valence-electron chi connectivity index (χ4n) is 2.15. The number of aryl methyl sites for hydroxylation is 1. The molecular weight excluding hydrogens is 313 g/mol. The van der Waals surface area contributed by atoms with Crippen molar-refractivity contribution in [1.29, 1.82) is 0 Å². The van der Waals surface area contributed by atoms with E-state index in [4.69, 9.17) is 5.73 Å². The molecule has 0 radical (unpaired) electrons. The minimum atomic E-state index is -0.133. The van der Waals surface area contributed by atoms with Gasteiger partial charge in [-0.3, -0.25) is 9.89 Å². The zero-order valence-corrected chi connectivity index (χ0v) is 13.3. The quantitative estimate of drug-likeness (QED) is 0.792. The largest absolute Gasteiger partial charge is 0.350 e. The molecule has 21 heavy (non-hydrogen) atoms. The second-order valence-corrected chi connectivity index (χ2v) is 5.16. The number of amides is 1. The molecule has 2 heterocycles. The first-order valence-electron chi connectivity index (χ1n) is 6.49. The molecule has 3 rings (SSSR count). The number of nitrogens with two attached hydrogens (primary N) is 1. The first-order chi connectivity index (χ1) is 9.15. The molecule has 4 N–H and O–H groups in total. The van der Waals surface area contributed by atoms with E-state index in [0.717, 1.165) is 11.1 Å². The SMILES string of the molecule is Cc1[nH]nc2ncc(C(=O)NCC(N)C3CC3)cc12.Cl.Cl. The van der Waals surface area contributed by atoms with Crippen LogP contribution < -0.4 is 11.1 Å². The van der Waals surface area contributed by atoms with Gasteiger partial charge in [0.1, 0.15) is 0 Å². The molecule has 0 bridgehead atoms. The van der Waals surface area contributed by atoms with E-state index in [1.807, 2.05) is 6.92 Å². The van der Waals surface area contributed by atoms with Gasteiger partial charge >= 0.3 is 0 Å². The molecule has 8 heteroatoms. The van der Waals surface area contributed by atoms with E-state index in [2.05, 4.69) is 20.5 Å². The summed E-state index contributed by atoms with van der Waals surface area (Å²) in [5.74, 6) is 0.447. The number of hydrogen-bond donors (Lipinski definition) is 3. The lowest BCUT2D eigenvalue weighted by Crippen LogP contribution is -2.38. The molecule has 1 aliphatic rings. The van der Waals surface area contributed by atoms with Crippen molar-refractivity contribution in [2.75, 3.05) is 6.54 Å². The third-order valence-corrected chi connectivity index (χ3v) is 3.59. The second kappa shape index (κ2) is 7.06. The van der Waals surface area contributed by atoms with E-state index in [1.165, 1.54) is 12.8 Å². The smallest absolute Gasteiger partial charge is 0.252 e. The number of H-pyrrole nitrogens is 1. The Morgan fingerprint density at radius 2 is 2.24 bits per heavy atom. The van der Waals surface area contributed by atoms with Gasteiger partial charge in [-0.15, -0.1) is 24.8 Å². The van der Waals surface area contributed by atoms with Crippen LogP contribution >= 0.6 is 24.8 Å². The molecule has 6 nitrogen and oxygen atoms in total. The third-order valence-electron chi connectivity index (χ3n) is 3.59. The summed E-state index contributed by atoms with van der Waals surface area (Å²) in [4.78, 5) is 16.2. The number of nitrogens with one attached hydrogen (secondary N) is 2.